The number of carbonyl (C=O) groups is 2. The quantitative estimate of drug-likeness (QED) is 0.196. The fraction of sp³-hybridized carbons (Fsp3) is 0.0690. The Bertz CT molecular complexity index is 1590. The van der Waals surface area contributed by atoms with Crippen molar-refractivity contribution < 1.29 is 18.0 Å². The average Bonchev–Trinajstić information content (AvgIpc) is 2.96. The molecule has 8 nitrogen and oxygen atoms in total. The largest absolute Gasteiger partial charge is 0.322 e. The molecule has 0 aliphatic heterocycles. The maximum absolute atomic E-state index is 13.4. The number of hydrogen-bond donors (Lipinski definition) is 2. The molecular weight excluding hydrogens is 580 g/mol. The maximum atomic E-state index is 13.4. The molecule has 0 saturated heterocycles. The Kier molecular flexibility index (Phi) is 8.90. The Hall–Kier alpha value is -4.28. The third-order valence-electron chi connectivity index (χ3n) is 5.66. The van der Waals surface area contributed by atoms with Crippen molar-refractivity contribution >= 4 is 54.9 Å². The zero-order valence-electron chi connectivity index (χ0n) is 20.9. The lowest BCUT2D eigenvalue weighted by atomic mass is 10.1. The van der Waals surface area contributed by atoms with Gasteiger partial charge < -0.3 is 5.32 Å². The molecule has 0 aromatic heterocycles. The van der Waals surface area contributed by atoms with Gasteiger partial charge in [0, 0.05) is 15.7 Å². The van der Waals surface area contributed by atoms with E-state index in [-0.39, 0.29) is 10.8 Å². The molecule has 39 heavy (non-hydrogen) atoms. The predicted molar refractivity (Wildman–Crippen MR) is 156 cm³/mol. The standard InChI is InChI=1S/C29H25BrN4O4S/c1-21(23-11-8-12-25(19-23)31-29(36)22-9-4-2-5-10-22)32-33-28(35)20-34(26-17-15-24(30)16-18-26)39(37,38)27-13-6-3-7-14-27/h2-19H,20H2,1H3,(H,31,36)(H,33,35)/b32-21-. The molecule has 0 unspecified atom stereocenters. The van der Waals surface area contributed by atoms with Crippen molar-refractivity contribution in [3.63, 3.8) is 0 Å². The average molecular weight is 606 g/mol. The van der Waals surface area contributed by atoms with Crippen LogP contribution in [0, 0.1) is 0 Å². The minimum absolute atomic E-state index is 0.0646. The molecule has 0 atom stereocenters. The molecule has 0 fully saturated rings. The smallest absolute Gasteiger partial charge is 0.264 e. The number of nitrogens with one attached hydrogen (secondary N) is 2. The monoisotopic (exact) mass is 604 g/mol. The Morgan fingerprint density at radius 3 is 2.10 bits per heavy atom. The van der Waals surface area contributed by atoms with E-state index in [1.165, 1.54) is 12.1 Å². The van der Waals surface area contributed by atoms with Crippen molar-refractivity contribution in [1.82, 2.24) is 5.43 Å². The Morgan fingerprint density at radius 1 is 0.821 bits per heavy atom. The summed E-state index contributed by atoms with van der Waals surface area (Å²) in [5.41, 5.74) is 5.02. The van der Waals surface area contributed by atoms with E-state index in [1.54, 1.807) is 97.9 Å². The Morgan fingerprint density at radius 2 is 1.44 bits per heavy atom. The van der Waals surface area contributed by atoms with Gasteiger partial charge in [-0.3, -0.25) is 13.9 Å². The van der Waals surface area contributed by atoms with Gasteiger partial charge in [-0.15, -0.1) is 0 Å². The van der Waals surface area contributed by atoms with Gasteiger partial charge in [-0.25, -0.2) is 13.8 Å². The number of halogens is 1. The van der Waals surface area contributed by atoms with Gasteiger partial charge in [-0.1, -0.05) is 64.5 Å². The number of benzene rings is 4. The molecule has 2 N–H and O–H groups in total. The summed E-state index contributed by atoms with van der Waals surface area (Å²) >= 11 is 3.35. The van der Waals surface area contributed by atoms with Crippen LogP contribution in [0.2, 0.25) is 0 Å². The van der Waals surface area contributed by atoms with E-state index in [4.69, 9.17) is 0 Å². The van der Waals surface area contributed by atoms with E-state index in [0.29, 0.717) is 28.2 Å². The Balaban J connectivity index is 1.49. The Labute approximate surface area is 235 Å². The van der Waals surface area contributed by atoms with Crippen LogP contribution < -0.4 is 15.0 Å². The zero-order valence-corrected chi connectivity index (χ0v) is 23.3. The third-order valence-corrected chi connectivity index (χ3v) is 7.97. The van der Waals surface area contributed by atoms with E-state index in [1.807, 2.05) is 6.07 Å². The molecule has 0 aliphatic carbocycles. The summed E-state index contributed by atoms with van der Waals surface area (Å²) in [5.74, 6) is -0.867. The summed E-state index contributed by atoms with van der Waals surface area (Å²) in [5, 5.41) is 7.00. The van der Waals surface area contributed by atoms with Gasteiger partial charge in [0.2, 0.25) is 0 Å². The highest BCUT2D eigenvalue weighted by Crippen LogP contribution is 2.25. The van der Waals surface area contributed by atoms with Crippen LogP contribution in [0.4, 0.5) is 11.4 Å². The van der Waals surface area contributed by atoms with Gasteiger partial charge in [0.1, 0.15) is 6.54 Å². The molecule has 4 rings (SSSR count). The lowest BCUT2D eigenvalue weighted by Crippen LogP contribution is -2.39. The topological polar surface area (TPSA) is 108 Å². The van der Waals surface area contributed by atoms with Crippen molar-refractivity contribution in [1.29, 1.82) is 0 Å². The van der Waals surface area contributed by atoms with Crippen molar-refractivity contribution in [2.24, 2.45) is 5.10 Å². The van der Waals surface area contributed by atoms with Gasteiger partial charge >= 0.3 is 0 Å². The van der Waals surface area contributed by atoms with Crippen molar-refractivity contribution in [2.45, 2.75) is 11.8 Å². The van der Waals surface area contributed by atoms with E-state index in [2.05, 4.69) is 31.8 Å². The van der Waals surface area contributed by atoms with Gasteiger partial charge in [0.05, 0.1) is 16.3 Å². The first kappa shape index (κ1) is 27.7. The molecule has 0 bridgehead atoms. The highest BCUT2D eigenvalue weighted by molar-refractivity contribution is 9.10. The molecule has 198 valence electrons. The van der Waals surface area contributed by atoms with Crippen molar-refractivity contribution in [2.75, 3.05) is 16.2 Å². The van der Waals surface area contributed by atoms with Crippen molar-refractivity contribution in [3.05, 3.63) is 125 Å². The number of rotatable bonds is 9. The normalized spacial score (nSPS) is 11.5. The maximum Gasteiger partial charge on any atom is 0.264 e. The fourth-order valence-electron chi connectivity index (χ4n) is 3.63. The SMILES string of the molecule is C/C(=N/NC(=O)CN(c1ccc(Br)cc1)S(=O)(=O)c1ccccc1)c1cccc(NC(=O)c2ccccc2)c1. The summed E-state index contributed by atoms with van der Waals surface area (Å²) in [6, 6.07) is 30.4. The molecule has 0 heterocycles. The van der Waals surface area contributed by atoms with Gasteiger partial charge in [-0.2, -0.15) is 5.10 Å². The van der Waals surface area contributed by atoms with E-state index in [0.717, 1.165) is 8.78 Å². The van der Waals surface area contributed by atoms with Crippen LogP contribution in [0.25, 0.3) is 0 Å². The first-order chi connectivity index (χ1) is 18.7. The number of anilines is 2. The highest BCUT2D eigenvalue weighted by Gasteiger charge is 2.27. The molecular formula is C29H25BrN4O4S. The summed E-state index contributed by atoms with van der Waals surface area (Å²) in [7, 11) is -4.02. The van der Waals surface area contributed by atoms with Gasteiger partial charge in [-0.05, 0) is 73.2 Å². The first-order valence-corrected chi connectivity index (χ1v) is 14.1. The number of nitrogens with zero attached hydrogens (tertiary/aromatic N) is 2. The molecule has 0 aliphatic rings. The number of amides is 2. The summed E-state index contributed by atoms with van der Waals surface area (Å²) in [6.07, 6.45) is 0. The molecule has 0 radical (unpaired) electrons. The van der Waals surface area contributed by atoms with Crippen LogP contribution in [-0.2, 0) is 14.8 Å². The zero-order chi connectivity index (χ0) is 27.8. The summed E-state index contributed by atoms with van der Waals surface area (Å²) < 4.78 is 28.6. The fourth-order valence-corrected chi connectivity index (χ4v) is 5.34. The van der Waals surface area contributed by atoms with Crippen molar-refractivity contribution in [3.8, 4) is 0 Å². The highest BCUT2D eigenvalue weighted by atomic mass is 79.9. The lowest BCUT2D eigenvalue weighted by Gasteiger charge is -2.23. The lowest BCUT2D eigenvalue weighted by molar-refractivity contribution is -0.119. The predicted octanol–water partition coefficient (Wildman–Crippen LogP) is 5.44. The summed E-state index contributed by atoms with van der Waals surface area (Å²) in [6.45, 7) is 1.22. The van der Waals surface area contributed by atoms with Crippen LogP contribution in [0.5, 0.6) is 0 Å². The molecule has 2 amide bonds. The number of carbonyl (C=O) groups excluding carboxylic acids is 2. The van der Waals surface area contributed by atoms with Crippen LogP contribution in [0.3, 0.4) is 0 Å². The number of hydrazone groups is 1. The second kappa shape index (κ2) is 12.5. The second-order valence-electron chi connectivity index (χ2n) is 8.43. The van der Waals surface area contributed by atoms with Crippen LogP contribution in [0.15, 0.2) is 124 Å². The minimum atomic E-state index is -4.02. The molecule has 4 aromatic rings. The number of sulfonamides is 1. The summed E-state index contributed by atoms with van der Waals surface area (Å²) in [4.78, 5) is 25.4. The molecule has 4 aromatic carbocycles. The van der Waals surface area contributed by atoms with E-state index >= 15 is 0 Å². The molecule has 10 heteroatoms. The molecule has 0 spiro atoms. The van der Waals surface area contributed by atoms with Gasteiger partial charge in [0.25, 0.3) is 21.8 Å². The first-order valence-electron chi connectivity index (χ1n) is 11.9. The van der Waals surface area contributed by atoms with Crippen LogP contribution in [0.1, 0.15) is 22.8 Å². The van der Waals surface area contributed by atoms with E-state index < -0.39 is 22.5 Å². The van der Waals surface area contributed by atoms with E-state index in [9.17, 15) is 18.0 Å². The number of hydrogen-bond acceptors (Lipinski definition) is 5. The third kappa shape index (κ3) is 7.18. The molecule has 0 saturated carbocycles. The second-order valence-corrected chi connectivity index (χ2v) is 11.2. The van der Waals surface area contributed by atoms with Gasteiger partial charge in [0.15, 0.2) is 0 Å². The van der Waals surface area contributed by atoms with Crippen LogP contribution in [-0.4, -0.2) is 32.5 Å². The van der Waals surface area contributed by atoms with Crippen LogP contribution >= 0.6 is 15.9 Å². The minimum Gasteiger partial charge on any atom is -0.322 e.